The molecule has 1 aromatic carbocycles. The number of benzene rings is 1. The normalized spacial score (nSPS) is 20.2. The van der Waals surface area contributed by atoms with Crippen LogP contribution in [-0.2, 0) is 11.2 Å². The molecule has 0 radical (unpaired) electrons. The number of aliphatic hydroxyl groups is 1. The van der Waals surface area contributed by atoms with Crippen LogP contribution in [0, 0.1) is 11.6 Å². The van der Waals surface area contributed by atoms with Crippen LogP contribution in [0.25, 0.3) is 0 Å². The SMILES string of the molecule is COC1(C(O)Cc2ccc(F)c(F)c2)CCCCC1. The molecule has 1 fully saturated rings. The van der Waals surface area contributed by atoms with Gasteiger partial charge in [-0.15, -0.1) is 0 Å². The fourth-order valence-corrected chi connectivity index (χ4v) is 2.90. The van der Waals surface area contributed by atoms with E-state index in [4.69, 9.17) is 4.74 Å². The van der Waals surface area contributed by atoms with Gasteiger partial charge in [0.05, 0.1) is 11.7 Å². The minimum atomic E-state index is -0.875. The maximum absolute atomic E-state index is 13.2. The van der Waals surface area contributed by atoms with Gasteiger partial charge in [0.1, 0.15) is 0 Å². The van der Waals surface area contributed by atoms with Crippen molar-refractivity contribution < 1.29 is 18.6 Å². The van der Waals surface area contributed by atoms with Gasteiger partial charge in [-0.25, -0.2) is 8.78 Å². The Morgan fingerprint density at radius 1 is 1.21 bits per heavy atom. The standard InChI is InChI=1S/C15H20F2O2/c1-19-15(7-3-2-4-8-15)14(18)10-11-5-6-12(16)13(17)9-11/h5-6,9,14,18H,2-4,7-8,10H2,1H3. The van der Waals surface area contributed by atoms with Crippen LogP contribution in [0.3, 0.4) is 0 Å². The Kier molecular flexibility index (Phi) is 4.53. The fourth-order valence-electron chi connectivity index (χ4n) is 2.90. The zero-order valence-corrected chi connectivity index (χ0v) is 11.2. The van der Waals surface area contributed by atoms with Crippen molar-refractivity contribution in [3.63, 3.8) is 0 Å². The van der Waals surface area contributed by atoms with Gasteiger partial charge in [-0.05, 0) is 30.5 Å². The molecular weight excluding hydrogens is 250 g/mol. The summed E-state index contributed by atoms with van der Waals surface area (Å²) in [4.78, 5) is 0. The van der Waals surface area contributed by atoms with Gasteiger partial charge in [0.25, 0.3) is 0 Å². The summed E-state index contributed by atoms with van der Waals surface area (Å²) in [5.41, 5.74) is 0.0525. The number of ether oxygens (including phenoxy) is 1. The van der Waals surface area contributed by atoms with Crippen molar-refractivity contribution in [2.75, 3.05) is 7.11 Å². The van der Waals surface area contributed by atoms with E-state index in [1.807, 2.05) is 0 Å². The van der Waals surface area contributed by atoms with Crippen LogP contribution in [0.4, 0.5) is 8.78 Å². The van der Waals surface area contributed by atoms with Crippen LogP contribution < -0.4 is 0 Å². The molecule has 0 amide bonds. The largest absolute Gasteiger partial charge is 0.390 e. The first kappa shape index (κ1) is 14.4. The molecule has 2 nitrogen and oxygen atoms in total. The van der Waals surface area contributed by atoms with Crippen LogP contribution in [0.2, 0.25) is 0 Å². The Morgan fingerprint density at radius 2 is 1.89 bits per heavy atom. The molecule has 4 heteroatoms. The second kappa shape index (κ2) is 5.97. The molecule has 0 bridgehead atoms. The molecular formula is C15H20F2O2. The highest BCUT2D eigenvalue weighted by Gasteiger charge is 2.39. The van der Waals surface area contributed by atoms with Gasteiger partial charge in [-0.2, -0.15) is 0 Å². The van der Waals surface area contributed by atoms with E-state index in [0.29, 0.717) is 5.56 Å². The number of halogens is 2. The van der Waals surface area contributed by atoms with E-state index < -0.39 is 23.3 Å². The number of aliphatic hydroxyl groups excluding tert-OH is 1. The predicted octanol–water partition coefficient (Wildman–Crippen LogP) is 3.22. The summed E-state index contributed by atoms with van der Waals surface area (Å²) in [6, 6.07) is 3.75. The molecule has 0 aromatic heterocycles. The smallest absolute Gasteiger partial charge is 0.159 e. The van der Waals surface area contributed by atoms with Gasteiger partial charge < -0.3 is 9.84 Å². The zero-order valence-electron chi connectivity index (χ0n) is 11.2. The van der Waals surface area contributed by atoms with Crippen LogP contribution in [0.15, 0.2) is 18.2 Å². The van der Waals surface area contributed by atoms with E-state index in [2.05, 4.69) is 0 Å². The summed E-state index contributed by atoms with van der Waals surface area (Å²) in [6.45, 7) is 0. The fraction of sp³-hybridized carbons (Fsp3) is 0.600. The topological polar surface area (TPSA) is 29.5 Å². The lowest BCUT2D eigenvalue weighted by Gasteiger charge is -2.40. The molecule has 1 atom stereocenters. The van der Waals surface area contributed by atoms with Gasteiger partial charge in [0.15, 0.2) is 11.6 Å². The van der Waals surface area contributed by atoms with Crippen molar-refractivity contribution >= 4 is 0 Å². The quantitative estimate of drug-likeness (QED) is 0.910. The molecule has 1 unspecified atom stereocenters. The molecule has 1 aliphatic carbocycles. The summed E-state index contributed by atoms with van der Waals surface area (Å²) in [5, 5.41) is 10.4. The van der Waals surface area contributed by atoms with E-state index in [1.54, 1.807) is 7.11 Å². The number of rotatable bonds is 4. The third-order valence-corrected chi connectivity index (χ3v) is 4.13. The highest BCUT2D eigenvalue weighted by molar-refractivity contribution is 5.19. The van der Waals surface area contributed by atoms with Gasteiger partial charge >= 0.3 is 0 Å². The van der Waals surface area contributed by atoms with Gasteiger partial charge in [0.2, 0.25) is 0 Å². The maximum Gasteiger partial charge on any atom is 0.159 e. The molecule has 0 saturated heterocycles. The Balaban J connectivity index is 2.10. The summed E-state index contributed by atoms with van der Waals surface area (Å²) in [5.74, 6) is -1.74. The lowest BCUT2D eigenvalue weighted by molar-refractivity contribution is -0.122. The molecule has 1 saturated carbocycles. The first-order valence-electron chi connectivity index (χ1n) is 6.74. The van der Waals surface area contributed by atoms with E-state index in [9.17, 15) is 13.9 Å². The van der Waals surface area contributed by atoms with Crippen molar-refractivity contribution in [1.29, 1.82) is 0 Å². The average molecular weight is 270 g/mol. The van der Waals surface area contributed by atoms with Crippen LogP contribution in [0.5, 0.6) is 0 Å². The van der Waals surface area contributed by atoms with Crippen molar-refractivity contribution in [1.82, 2.24) is 0 Å². The molecule has 19 heavy (non-hydrogen) atoms. The van der Waals surface area contributed by atoms with Gasteiger partial charge in [0, 0.05) is 13.5 Å². The van der Waals surface area contributed by atoms with Crippen molar-refractivity contribution in [2.45, 2.75) is 50.2 Å². The number of methoxy groups -OCH3 is 1. The predicted molar refractivity (Wildman–Crippen MR) is 68.9 cm³/mol. The van der Waals surface area contributed by atoms with Crippen LogP contribution in [0.1, 0.15) is 37.7 Å². The monoisotopic (exact) mass is 270 g/mol. The van der Waals surface area contributed by atoms with E-state index in [-0.39, 0.29) is 6.42 Å². The third kappa shape index (κ3) is 3.12. The average Bonchev–Trinajstić information content (AvgIpc) is 2.43. The first-order valence-corrected chi connectivity index (χ1v) is 6.74. The molecule has 1 aliphatic rings. The molecule has 0 heterocycles. The summed E-state index contributed by atoms with van der Waals surface area (Å²) < 4.78 is 31.6. The highest BCUT2D eigenvalue weighted by atomic mass is 19.2. The van der Waals surface area contributed by atoms with Gasteiger partial charge in [-0.3, -0.25) is 0 Å². The Labute approximate surface area is 112 Å². The third-order valence-electron chi connectivity index (χ3n) is 4.13. The van der Waals surface area contributed by atoms with Crippen molar-refractivity contribution in [3.8, 4) is 0 Å². The second-order valence-electron chi connectivity index (χ2n) is 5.30. The zero-order chi connectivity index (χ0) is 13.9. The van der Waals surface area contributed by atoms with Crippen LogP contribution in [-0.4, -0.2) is 23.9 Å². The van der Waals surface area contributed by atoms with E-state index in [0.717, 1.165) is 44.2 Å². The summed E-state index contributed by atoms with van der Waals surface area (Å²) in [7, 11) is 1.61. The van der Waals surface area contributed by atoms with Gasteiger partial charge in [-0.1, -0.05) is 25.3 Å². The molecule has 0 aliphatic heterocycles. The molecule has 2 rings (SSSR count). The molecule has 106 valence electrons. The van der Waals surface area contributed by atoms with Crippen LogP contribution >= 0.6 is 0 Å². The summed E-state index contributed by atoms with van der Waals surface area (Å²) in [6.07, 6.45) is 4.44. The Hall–Kier alpha value is -1.00. The first-order chi connectivity index (χ1) is 9.07. The minimum absolute atomic E-state index is 0.283. The Morgan fingerprint density at radius 3 is 2.47 bits per heavy atom. The van der Waals surface area contributed by atoms with E-state index in [1.165, 1.54) is 6.07 Å². The van der Waals surface area contributed by atoms with Crippen molar-refractivity contribution in [3.05, 3.63) is 35.4 Å². The number of hydrogen-bond acceptors (Lipinski definition) is 2. The maximum atomic E-state index is 13.2. The van der Waals surface area contributed by atoms with Crippen molar-refractivity contribution in [2.24, 2.45) is 0 Å². The van der Waals surface area contributed by atoms with E-state index >= 15 is 0 Å². The Bertz CT molecular complexity index is 428. The second-order valence-corrected chi connectivity index (χ2v) is 5.30. The molecule has 0 spiro atoms. The highest BCUT2D eigenvalue weighted by Crippen LogP contribution is 2.35. The molecule has 1 N–H and O–H groups in total. The number of hydrogen-bond donors (Lipinski definition) is 1. The molecule has 1 aromatic rings. The lowest BCUT2D eigenvalue weighted by atomic mass is 9.78. The lowest BCUT2D eigenvalue weighted by Crippen LogP contribution is -2.46. The summed E-state index contributed by atoms with van der Waals surface area (Å²) >= 11 is 0. The minimum Gasteiger partial charge on any atom is -0.390 e.